The van der Waals surface area contributed by atoms with Crippen molar-refractivity contribution in [3.05, 3.63) is 65.0 Å². The van der Waals surface area contributed by atoms with Gasteiger partial charge in [0, 0.05) is 0 Å². The van der Waals surface area contributed by atoms with Crippen molar-refractivity contribution in [2.45, 2.75) is 13.5 Å². The molecule has 0 unspecified atom stereocenters. The number of benzene rings is 2. The minimum absolute atomic E-state index is 0.0513. The first-order valence-corrected chi connectivity index (χ1v) is 5.57. The summed E-state index contributed by atoms with van der Waals surface area (Å²) in [6.45, 7) is 2.32. The van der Waals surface area contributed by atoms with Gasteiger partial charge in [0.25, 0.3) is 0 Å². The Labute approximate surface area is 105 Å². The van der Waals surface area contributed by atoms with Crippen LogP contribution in [0.2, 0.25) is 0 Å². The van der Waals surface area contributed by atoms with Crippen molar-refractivity contribution in [2.75, 3.05) is 0 Å². The van der Waals surface area contributed by atoms with Crippen LogP contribution in [0.3, 0.4) is 0 Å². The van der Waals surface area contributed by atoms with Gasteiger partial charge in [-0.2, -0.15) is 5.26 Å². The van der Waals surface area contributed by atoms with Crippen LogP contribution in [0.4, 0.5) is 4.39 Å². The minimum Gasteiger partial charge on any atom is -0.487 e. The lowest BCUT2D eigenvalue weighted by Crippen LogP contribution is -1.98. The Balaban J connectivity index is 2.14. The first kappa shape index (κ1) is 12.1. The summed E-state index contributed by atoms with van der Waals surface area (Å²) in [5.41, 5.74) is 2.10. The summed E-state index contributed by atoms with van der Waals surface area (Å²) in [4.78, 5) is 0. The molecule has 90 valence electrons. The van der Waals surface area contributed by atoms with Crippen molar-refractivity contribution in [1.82, 2.24) is 0 Å². The molecule has 0 aliphatic rings. The predicted molar refractivity (Wildman–Crippen MR) is 66.6 cm³/mol. The van der Waals surface area contributed by atoms with Gasteiger partial charge in [0.2, 0.25) is 0 Å². The lowest BCUT2D eigenvalue weighted by Gasteiger charge is -2.08. The van der Waals surface area contributed by atoms with Crippen LogP contribution in [0.5, 0.6) is 5.75 Å². The molecule has 2 nitrogen and oxygen atoms in total. The van der Waals surface area contributed by atoms with Crippen LogP contribution in [-0.4, -0.2) is 0 Å². The molecule has 0 N–H and O–H groups in total. The number of hydrogen-bond acceptors (Lipinski definition) is 2. The average Bonchev–Trinajstić information content (AvgIpc) is 2.38. The highest BCUT2D eigenvalue weighted by Gasteiger charge is 2.08. The molecule has 0 aliphatic carbocycles. The quantitative estimate of drug-likeness (QED) is 0.822. The molecule has 0 saturated carbocycles. The van der Waals surface area contributed by atoms with Crippen molar-refractivity contribution < 1.29 is 9.13 Å². The van der Waals surface area contributed by atoms with Gasteiger partial charge in [-0.3, -0.25) is 0 Å². The highest BCUT2D eigenvalue weighted by atomic mass is 19.1. The number of aryl methyl sites for hydroxylation is 1. The Morgan fingerprint density at radius 1 is 1.17 bits per heavy atom. The molecule has 0 bridgehead atoms. The highest BCUT2D eigenvalue weighted by molar-refractivity contribution is 5.43. The van der Waals surface area contributed by atoms with E-state index in [1.807, 2.05) is 37.3 Å². The van der Waals surface area contributed by atoms with Gasteiger partial charge in [0.15, 0.2) is 0 Å². The van der Waals surface area contributed by atoms with Gasteiger partial charge in [0.1, 0.15) is 29.8 Å². The maximum absolute atomic E-state index is 13.3. The maximum atomic E-state index is 13.3. The second-order valence-corrected chi connectivity index (χ2v) is 4.00. The van der Waals surface area contributed by atoms with Gasteiger partial charge < -0.3 is 4.74 Å². The molecule has 2 aromatic rings. The predicted octanol–water partition coefficient (Wildman–Crippen LogP) is 3.58. The van der Waals surface area contributed by atoms with E-state index in [1.54, 1.807) is 6.07 Å². The summed E-state index contributed by atoms with van der Waals surface area (Å²) < 4.78 is 18.8. The molecule has 0 fully saturated rings. The zero-order valence-electron chi connectivity index (χ0n) is 9.98. The molecule has 18 heavy (non-hydrogen) atoms. The Morgan fingerprint density at radius 3 is 2.56 bits per heavy atom. The first-order valence-electron chi connectivity index (χ1n) is 5.57. The van der Waals surface area contributed by atoms with Crippen LogP contribution in [0.15, 0.2) is 42.5 Å². The van der Waals surface area contributed by atoms with Crippen LogP contribution < -0.4 is 4.74 Å². The van der Waals surface area contributed by atoms with E-state index in [2.05, 4.69) is 0 Å². The smallest absolute Gasteiger partial charge is 0.144 e. The van der Waals surface area contributed by atoms with Crippen molar-refractivity contribution in [3.63, 3.8) is 0 Å². The molecule has 2 rings (SSSR count). The summed E-state index contributed by atoms with van der Waals surface area (Å²) in [6.07, 6.45) is 0. The topological polar surface area (TPSA) is 33.0 Å². The largest absolute Gasteiger partial charge is 0.487 e. The van der Waals surface area contributed by atoms with Gasteiger partial charge in [-0.1, -0.05) is 35.9 Å². The van der Waals surface area contributed by atoms with E-state index in [0.29, 0.717) is 6.61 Å². The highest BCUT2D eigenvalue weighted by Crippen LogP contribution is 2.21. The van der Waals surface area contributed by atoms with E-state index < -0.39 is 5.82 Å². The number of nitriles is 1. The van der Waals surface area contributed by atoms with Crippen molar-refractivity contribution in [3.8, 4) is 11.8 Å². The van der Waals surface area contributed by atoms with Gasteiger partial charge >= 0.3 is 0 Å². The van der Waals surface area contributed by atoms with E-state index in [9.17, 15) is 4.39 Å². The Kier molecular flexibility index (Phi) is 3.59. The fourth-order valence-electron chi connectivity index (χ4n) is 1.58. The van der Waals surface area contributed by atoms with Crippen LogP contribution in [-0.2, 0) is 6.61 Å². The van der Waals surface area contributed by atoms with E-state index in [1.165, 1.54) is 17.7 Å². The average molecular weight is 241 g/mol. The van der Waals surface area contributed by atoms with Crippen LogP contribution in [0.1, 0.15) is 16.7 Å². The molecule has 2 aromatic carbocycles. The number of nitrogens with zero attached hydrogens (tertiary/aromatic N) is 1. The number of ether oxygens (including phenoxy) is 1. The molecule has 0 amide bonds. The van der Waals surface area contributed by atoms with Crippen LogP contribution in [0.25, 0.3) is 0 Å². The molecule has 0 atom stereocenters. The second-order valence-electron chi connectivity index (χ2n) is 4.00. The molecular formula is C15H12FNO. The lowest BCUT2D eigenvalue weighted by atomic mass is 10.1. The normalized spacial score (nSPS) is 9.83. The Hall–Kier alpha value is -2.34. The van der Waals surface area contributed by atoms with E-state index in [4.69, 9.17) is 10.00 Å². The maximum Gasteiger partial charge on any atom is 0.144 e. The number of halogens is 1. The summed E-state index contributed by atoms with van der Waals surface area (Å²) in [6, 6.07) is 14.0. The van der Waals surface area contributed by atoms with Crippen molar-refractivity contribution >= 4 is 0 Å². The van der Waals surface area contributed by atoms with Crippen LogP contribution >= 0.6 is 0 Å². The molecule has 0 radical (unpaired) electrons. The third kappa shape index (κ3) is 2.67. The zero-order chi connectivity index (χ0) is 13.0. The fraction of sp³-hybridized carbons (Fsp3) is 0.133. The number of rotatable bonds is 3. The molecule has 0 aromatic heterocycles. The van der Waals surface area contributed by atoms with Crippen molar-refractivity contribution in [2.24, 2.45) is 0 Å². The third-order valence-electron chi connectivity index (χ3n) is 2.60. The Morgan fingerprint density at radius 2 is 1.89 bits per heavy atom. The van der Waals surface area contributed by atoms with Gasteiger partial charge in [-0.05, 0) is 24.6 Å². The standard InChI is InChI=1S/C15H12FNO/c1-11-5-7-12(8-6-11)10-18-15-4-2-3-14(16)13(15)9-17/h2-8H,10H2,1H3. The summed E-state index contributed by atoms with van der Waals surface area (Å²) in [7, 11) is 0. The Bertz CT molecular complexity index is 584. The lowest BCUT2D eigenvalue weighted by molar-refractivity contribution is 0.303. The van der Waals surface area contributed by atoms with Gasteiger partial charge in [-0.15, -0.1) is 0 Å². The second kappa shape index (κ2) is 5.33. The van der Waals surface area contributed by atoms with Gasteiger partial charge in [0.05, 0.1) is 0 Å². The monoisotopic (exact) mass is 241 g/mol. The molecule has 0 saturated heterocycles. The summed E-state index contributed by atoms with van der Waals surface area (Å²) in [5, 5.41) is 8.86. The zero-order valence-corrected chi connectivity index (χ0v) is 9.98. The third-order valence-corrected chi connectivity index (χ3v) is 2.60. The summed E-state index contributed by atoms with van der Waals surface area (Å²) in [5.74, 6) is -0.281. The SMILES string of the molecule is Cc1ccc(COc2cccc(F)c2C#N)cc1. The molecule has 0 heterocycles. The van der Waals surface area contributed by atoms with Crippen LogP contribution in [0, 0.1) is 24.1 Å². The number of hydrogen-bond donors (Lipinski definition) is 0. The van der Waals surface area contributed by atoms with Gasteiger partial charge in [-0.25, -0.2) is 4.39 Å². The molecular weight excluding hydrogens is 229 g/mol. The molecule has 3 heteroatoms. The van der Waals surface area contributed by atoms with Crippen molar-refractivity contribution in [1.29, 1.82) is 5.26 Å². The van der Waals surface area contributed by atoms with E-state index >= 15 is 0 Å². The van der Waals surface area contributed by atoms with E-state index in [-0.39, 0.29) is 11.3 Å². The fourth-order valence-corrected chi connectivity index (χ4v) is 1.58. The molecule has 0 spiro atoms. The molecule has 0 aliphatic heterocycles. The minimum atomic E-state index is -0.557. The van der Waals surface area contributed by atoms with E-state index in [0.717, 1.165) is 5.56 Å². The first-order chi connectivity index (χ1) is 8.70. The summed E-state index contributed by atoms with van der Waals surface area (Å²) >= 11 is 0.